The topological polar surface area (TPSA) is 29.5 Å². The molecule has 3 rings (SSSR count). The predicted octanol–water partition coefficient (Wildman–Crippen LogP) is 4.34. The number of hydrogen-bond donors (Lipinski definition) is 0. The summed E-state index contributed by atoms with van der Waals surface area (Å²) in [5.41, 5.74) is -1.47. The van der Waals surface area contributed by atoms with E-state index in [0.717, 1.165) is 24.8 Å². The SMILES string of the molecule is O=C(OCC1CC=CCC1)C1(C(F)(F)F)CCN(Cc2ccccc2)C1. The number of likely N-dealkylation sites (tertiary alicyclic amines) is 1. The van der Waals surface area contributed by atoms with E-state index < -0.39 is 17.6 Å². The Bertz CT molecular complexity index is 644. The zero-order valence-electron chi connectivity index (χ0n) is 14.7. The van der Waals surface area contributed by atoms with Crippen LogP contribution in [0.2, 0.25) is 0 Å². The maximum atomic E-state index is 13.8. The Hall–Kier alpha value is -1.82. The van der Waals surface area contributed by atoms with Crippen LogP contribution in [0.3, 0.4) is 0 Å². The summed E-state index contributed by atoms with van der Waals surface area (Å²) < 4.78 is 46.6. The lowest BCUT2D eigenvalue weighted by molar-refractivity contribution is -0.231. The quantitative estimate of drug-likeness (QED) is 0.573. The van der Waals surface area contributed by atoms with Gasteiger partial charge in [0.2, 0.25) is 0 Å². The van der Waals surface area contributed by atoms with Crippen molar-refractivity contribution in [1.82, 2.24) is 4.90 Å². The highest BCUT2D eigenvalue weighted by atomic mass is 19.4. The van der Waals surface area contributed by atoms with E-state index in [1.54, 1.807) is 4.90 Å². The van der Waals surface area contributed by atoms with Crippen LogP contribution in [0, 0.1) is 11.3 Å². The Labute approximate surface area is 151 Å². The van der Waals surface area contributed by atoms with Gasteiger partial charge in [-0.1, -0.05) is 42.5 Å². The van der Waals surface area contributed by atoms with Gasteiger partial charge in [-0.3, -0.25) is 9.69 Å². The van der Waals surface area contributed by atoms with Crippen LogP contribution in [0.4, 0.5) is 13.2 Å². The molecule has 1 aliphatic carbocycles. The van der Waals surface area contributed by atoms with Gasteiger partial charge < -0.3 is 4.74 Å². The molecule has 3 nitrogen and oxygen atoms in total. The first-order valence-corrected chi connectivity index (χ1v) is 9.06. The first kappa shape index (κ1) is 19.0. The van der Waals surface area contributed by atoms with Gasteiger partial charge in [0.15, 0.2) is 5.41 Å². The number of carbonyl (C=O) groups is 1. The number of hydrogen-bond acceptors (Lipinski definition) is 3. The summed E-state index contributed by atoms with van der Waals surface area (Å²) in [5.74, 6) is -0.994. The number of nitrogens with zero attached hydrogens (tertiary/aromatic N) is 1. The van der Waals surface area contributed by atoms with E-state index >= 15 is 0 Å². The lowest BCUT2D eigenvalue weighted by Crippen LogP contribution is -2.48. The van der Waals surface area contributed by atoms with Crippen molar-refractivity contribution in [3.8, 4) is 0 Å². The summed E-state index contributed by atoms with van der Waals surface area (Å²) in [6.45, 7) is 0.365. The molecular formula is C20H24F3NO2. The fourth-order valence-electron chi connectivity index (χ4n) is 3.72. The lowest BCUT2D eigenvalue weighted by Gasteiger charge is -2.30. The van der Waals surface area contributed by atoms with Gasteiger partial charge in [-0.2, -0.15) is 13.2 Å². The molecule has 1 heterocycles. The monoisotopic (exact) mass is 367 g/mol. The third kappa shape index (κ3) is 4.11. The largest absolute Gasteiger partial charge is 0.465 e. The zero-order valence-corrected chi connectivity index (χ0v) is 14.7. The van der Waals surface area contributed by atoms with Crippen LogP contribution in [0.5, 0.6) is 0 Å². The summed E-state index contributed by atoms with van der Waals surface area (Å²) in [5, 5.41) is 0. The summed E-state index contributed by atoms with van der Waals surface area (Å²) in [4.78, 5) is 14.2. The van der Waals surface area contributed by atoms with Crippen LogP contribution in [0.25, 0.3) is 0 Å². The minimum absolute atomic E-state index is 0.0691. The van der Waals surface area contributed by atoms with E-state index in [-0.39, 0.29) is 32.0 Å². The number of halogens is 3. The van der Waals surface area contributed by atoms with Crippen molar-refractivity contribution in [3.63, 3.8) is 0 Å². The minimum Gasteiger partial charge on any atom is -0.465 e. The second-order valence-corrected chi connectivity index (χ2v) is 7.28. The number of alkyl halides is 3. The van der Waals surface area contributed by atoms with Crippen molar-refractivity contribution in [2.24, 2.45) is 11.3 Å². The molecule has 0 amide bonds. The van der Waals surface area contributed by atoms with Gasteiger partial charge in [-0.25, -0.2) is 0 Å². The highest BCUT2D eigenvalue weighted by Gasteiger charge is 2.64. The molecule has 142 valence electrons. The number of allylic oxidation sites excluding steroid dienone is 2. The van der Waals surface area contributed by atoms with Crippen molar-refractivity contribution in [2.75, 3.05) is 19.7 Å². The Balaban J connectivity index is 1.65. The van der Waals surface area contributed by atoms with E-state index in [2.05, 4.69) is 0 Å². The van der Waals surface area contributed by atoms with Crippen molar-refractivity contribution in [2.45, 2.75) is 38.4 Å². The normalized spacial score (nSPS) is 26.8. The third-order valence-corrected chi connectivity index (χ3v) is 5.36. The summed E-state index contributed by atoms with van der Waals surface area (Å²) in [7, 11) is 0. The van der Waals surface area contributed by atoms with Crippen molar-refractivity contribution >= 4 is 5.97 Å². The molecule has 1 aromatic rings. The molecule has 0 radical (unpaired) electrons. The molecule has 26 heavy (non-hydrogen) atoms. The molecular weight excluding hydrogens is 343 g/mol. The van der Waals surface area contributed by atoms with E-state index in [9.17, 15) is 18.0 Å². The maximum absolute atomic E-state index is 13.8. The molecule has 0 saturated carbocycles. The van der Waals surface area contributed by atoms with Gasteiger partial charge in [-0.15, -0.1) is 0 Å². The van der Waals surface area contributed by atoms with Gasteiger partial charge in [-0.05, 0) is 37.2 Å². The van der Waals surface area contributed by atoms with Crippen LogP contribution >= 0.6 is 0 Å². The van der Waals surface area contributed by atoms with Crippen LogP contribution in [0.15, 0.2) is 42.5 Å². The first-order chi connectivity index (χ1) is 12.4. The summed E-state index contributed by atoms with van der Waals surface area (Å²) >= 11 is 0. The zero-order chi connectivity index (χ0) is 18.6. The number of rotatable bonds is 5. The number of ether oxygens (including phenoxy) is 1. The fraction of sp³-hybridized carbons (Fsp3) is 0.550. The minimum atomic E-state index is -4.61. The van der Waals surface area contributed by atoms with Crippen molar-refractivity contribution in [1.29, 1.82) is 0 Å². The smallest absolute Gasteiger partial charge is 0.406 e. The van der Waals surface area contributed by atoms with Gasteiger partial charge in [0.1, 0.15) is 0 Å². The lowest BCUT2D eigenvalue weighted by atomic mass is 9.86. The molecule has 0 N–H and O–H groups in total. The third-order valence-electron chi connectivity index (χ3n) is 5.36. The van der Waals surface area contributed by atoms with Crippen LogP contribution in [-0.4, -0.2) is 36.7 Å². The number of benzene rings is 1. The molecule has 1 aromatic carbocycles. The standard InChI is InChI=1S/C20H24F3NO2/c21-20(22,23)19(18(25)26-14-17-9-5-2-6-10-17)11-12-24(15-19)13-16-7-3-1-4-8-16/h1-5,7-8,17H,6,9-15H2. The molecule has 0 aromatic heterocycles. The number of esters is 1. The molecule has 1 saturated heterocycles. The van der Waals surface area contributed by atoms with Crippen molar-refractivity contribution in [3.05, 3.63) is 48.0 Å². The highest BCUT2D eigenvalue weighted by Crippen LogP contribution is 2.47. The molecule has 0 bridgehead atoms. The molecule has 0 spiro atoms. The van der Waals surface area contributed by atoms with Crippen molar-refractivity contribution < 1.29 is 22.7 Å². The summed E-state index contributed by atoms with van der Waals surface area (Å²) in [6, 6.07) is 9.33. The Morgan fingerprint density at radius 1 is 1.23 bits per heavy atom. The van der Waals surface area contributed by atoms with E-state index in [4.69, 9.17) is 4.74 Å². The van der Waals surface area contributed by atoms with Crippen LogP contribution in [0.1, 0.15) is 31.2 Å². The number of carbonyl (C=O) groups excluding carboxylic acids is 1. The average Bonchev–Trinajstić information content (AvgIpc) is 3.07. The molecule has 2 unspecified atom stereocenters. The maximum Gasteiger partial charge on any atom is 0.406 e. The van der Waals surface area contributed by atoms with Gasteiger partial charge in [0.25, 0.3) is 0 Å². The highest BCUT2D eigenvalue weighted by molar-refractivity contribution is 5.78. The van der Waals surface area contributed by atoms with Gasteiger partial charge in [0.05, 0.1) is 6.61 Å². The fourth-order valence-corrected chi connectivity index (χ4v) is 3.72. The molecule has 6 heteroatoms. The second kappa shape index (κ2) is 7.82. The Kier molecular flexibility index (Phi) is 5.70. The molecule has 1 fully saturated rings. The molecule has 1 aliphatic heterocycles. The van der Waals surface area contributed by atoms with Crippen LogP contribution < -0.4 is 0 Å². The van der Waals surface area contributed by atoms with Gasteiger partial charge in [0, 0.05) is 19.6 Å². The molecule has 2 aliphatic rings. The average molecular weight is 367 g/mol. The van der Waals surface area contributed by atoms with E-state index in [1.165, 1.54) is 0 Å². The Morgan fingerprint density at radius 3 is 2.65 bits per heavy atom. The molecule has 2 atom stereocenters. The van der Waals surface area contributed by atoms with E-state index in [0.29, 0.717) is 6.54 Å². The predicted molar refractivity (Wildman–Crippen MR) is 92.3 cm³/mol. The van der Waals surface area contributed by atoms with Crippen LogP contribution in [-0.2, 0) is 16.1 Å². The van der Waals surface area contributed by atoms with Gasteiger partial charge >= 0.3 is 12.1 Å². The summed E-state index contributed by atoms with van der Waals surface area (Å²) in [6.07, 6.45) is 1.69. The second-order valence-electron chi connectivity index (χ2n) is 7.28. The Morgan fingerprint density at radius 2 is 2.00 bits per heavy atom. The van der Waals surface area contributed by atoms with E-state index in [1.807, 2.05) is 42.5 Å². The first-order valence-electron chi connectivity index (χ1n) is 9.06.